The molecular formula is C15H20O3. The lowest BCUT2D eigenvalue weighted by Crippen LogP contribution is -2.11. The minimum absolute atomic E-state index is 0.286. The van der Waals surface area contributed by atoms with E-state index in [-0.39, 0.29) is 5.56 Å². The monoisotopic (exact) mass is 248 g/mol. The highest BCUT2D eigenvalue weighted by molar-refractivity contribution is 5.87. The Morgan fingerprint density at radius 2 is 1.94 bits per heavy atom. The number of carbonyl (C=O) groups is 1. The minimum atomic E-state index is -0.907. The van der Waals surface area contributed by atoms with E-state index in [0.717, 1.165) is 0 Å². The predicted octanol–water partition coefficient (Wildman–Crippen LogP) is 3.73. The number of hydrogen-bond donors (Lipinski definition) is 1. The summed E-state index contributed by atoms with van der Waals surface area (Å²) in [5, 5.41) is 8.91. The van der Waals surface area contributed by atoms with E-state index in [1.165, 1.54) is 38.5 Å². The van der Waals surface area contributed by atoms with Crippen LogP contribution in [0.1, 0.15) is 48.9 Å². The summed E-state index contributed by atoms with van der Waals surface area (Å²) >= 11 is 0. The highest BCUT2D eigenvalue weighted by atomic mass is 16.5. The lowest BCUT2D eigenvalue weighted by molar-refractivity contribution is 0.0696. The number of hydrogen-bond acceptors (Lipinski definition) is 2. The Kier molecular flexibility index (Phi) is 4.62. The van der Waals surface area contributed by atoms with Crippen LogP contribution in [-0.4, -0.2) is 17.7 Å². The molecule has 0 spiro atoms. The first-order valence-corrected chi connectivity index (χ1v) is 6.72. The third-order valence-corrected chi connectivity index (χ3v) is 3.54. The van der Waals surface area contributed by atoms with Crippen LogP contribution < -0.4 is 4.74 Å². The molecular weight excluding hydrogens is 228 g/mol. The van der Waals surface area contributed by atoms with E-state index in [4.69, 9.17) is 9.84 Å². The van der Waals surface area contributed by atoms with E-state index in [0.29, 0.717) is 18.3 Å². The molecule has 0 radical (unpaired) electrons. The molecule has 3 nitrogen and oxygen atoms in total. The van der Waals surface area contributed by atoms with Crippen LogP contribution in [-0.2, 0) is 0 Å². The molecule has 0 saturated heterocycles. The number of carboxylic acids is 1. The van der Waals surface area contributed by atoms with Crippen molar-refractivity contribution in [2.24, 2.45) is 5.92 Å². The smallest absolute Gasteiger partial charge is 0.335 e. The van der Waals surface area contributed by atoms with E-state index < -0.39 is 5.97 Å². The average Bonchev–Trinajstić information content (AvgIpc) is 2.65. The lowest BCUT2D eigenvalue weighted by Gasteiger charge is -2.15. The van der Waals surface area contributed by atoms with E-state index in [1.54, 1.807) is 18.2 Å². The minimum Gasteiger partial charge on any atom is -0.493 e. The zero-order valence-corrected chi connectivity index (χ0v) is 10.6. The number of ether oxygens (including phenoxy) is 1. The first-order chi connectivity index (χ1) is 8.75. The molecule has 0 aliphatic heterocycles. The van der Waals surface area contributed by atoms with Crippen LogP contribution in [0.2, 0.25) is 0 Å². The second-order valence-corrected chi connectivity index (χ2v) is 5.00. The molecule has 0 heterocycles. The van der Waals surface area contributed by atoms with Gasteiger partial charge in [-0.2, -0.15) is 0 Å². The van der Waals surface area contributed by atoms with Crippen LogP contribution in [0.3, 0.4) is 0 Å². The summed E-state index contributed by atoms with van der Waals surface area (Å²) in [6.45, 7) is 0.711. The molecule has 1 aliphatic carbocycles. The van der Waals surface area contributed by atoms with Crippen LogP contribution in [0.4, 0.5) is 0 Å². The van der Waals surface area contributed by atoms with Gasteiger partial charge in [0.1, 0.15) is 5.75 Å². The molecule has 1 saturated carbocycles. The maximum absolute atomic E-state index is 10.8. The van der Waals surface area contributed by atoms with Crippen LogP contribution in [0, 0.1) is 5.92 Å². The van der Waals surface area contributed by atoms with Gasteiger partial charge in [0.15, 0.2) is 0 Å². The standard InChI is InChI=1S/C15H20O3/c16-15(17)13-8-5-9-14(10-13)18-11-12-6-3-1-2-4-7-12/h5,8-10,12H,1-4,6-7,11H2,(H,16,17). The predicted molar refractivity (Wildman–Crippen MR) is 70.1 cm³/mol. The van der Waals surface area contributed by atoms with E-state index in [9.17, 15) is 4.79 Å². The summed E-state index contributed by atoms with van der Waals surface area (Å²) in [5.74, 6) is 0.384. The second-order valence-electron chi connectivity index (χ2n) is 5.00. The van der Waals surface area contributed by atoms with E-state index in [1.807, 2.05) is 6.07 Å². The van der Waals surface area contributed by atoms with Crippen molar-refractivity contribution < 1.29 is 14.6 Å². The fourth-order valence-electron chi connectivity index (χ4n) is 2.46. The van der Waals surface area contributed by atoms with Crippen LogP contribution in [0.5, 0.6) is 5.75 Å². The molecule has 0 bridgehead atoms. The van der Waals surface area contributed by atoms with Crippen molar-refractivity contribution in [3.05, 3.63) is 29.8 Å². The molecule has 0 atom stereocenters. The number of benzene rings is 1. The van der Waals surface area contributed by atoms with Gasteiger partial charge in [0.05, 0.1) is 12.2 Å². The second kappa shape index (κ2) is 6.43. The van der Waals surface area contributed by atoms with Crippen LogP contribution in [0.25, 0.3) is 0 Å². The highest BCUT2D eigenvalue weighted by Gasteiger charge is 2.13. The van der Waals surface area contributed by atoms with Gasteiger partial charge in [-0.3, -0.25) is 0 Å². The topological polar surface area (TPSA) is 46.5 Å². The molecule has 2 rings (SSSR count). The summed E-state index contributed by atoms with van der Waals surface area (Å²) in [5.41, 5.74) is 0.286. The summed E-state index contributed by atoms with van der Waals surface area (Å²) in [6.07, 6.45) is 7.74. The molecule has 0 amide bonds. The Balaban J connectivity index is 1.88. The van der Waals surface area contributed by atoms with Crippen LogP contribution in [0.15, 0.2) is 24.3 Å². The van der Waals surface area contributed by atoms with Crippen molar-refractivity contribution in [2.75, 3.05) is 6.61 Å². The molecule has 1 fully saturated rings. The van der Waals surface area contributed by atoms with E-state index in [2.05, 4.69) is 0 Å². The molecule has 1 aromatic rings. The Morgan fingerprint density at radius 3 is 2.61 bits per heavy atom. The summed E-state index contributed by atoms with van der Waals surface area (Å²) in [4.78, 5) is 10.8. The van der Waals surface area contributed by atoms with Gasteiger partial charge in [-0.1, -0.05) is 31.7 Å². The van der Waals surface area contributed by atoms with Gasteiger partial charge >= 0.3 is 5.97 Å². The zero-order valence-electron chi connectivity index (χ0n) is 10.6. The third-order valence-electron chi connectivity index (χ3n) is 3.54. The van der Waals surface area contributed by atoms with Crippen molar-refractivity contribution in [3.8, 4) is 5.75 Å². The van der Waals surface area contributed by atoms with Crippen LogP contribution >= 0.6 is 0 Å². The molecule has 1 N–H and O–H groups in total. The lowest BCUT2D eigenvalue weighted by atomic mass is 10.0. The van der Waals surface area contributed by atoms with Crippen molar-refractivity contribution >= 4 is 5.97 Å². The normalized spacial score (nSPS) is 17.1. The number of carboxylic acid groups (broad SMARTS) is 1. The first-order valence-electron chi connectivity index (χ1n) is 6.72. The van der Waals surface area contributed by atoms with Gasteiger partial charge in [-0.25, -0.2) is 4.79 Å². The fraction of sp³-hybridized carbons (Fsp3) is 0.533. The maximum atomic E-state index is 10.8. The van der Waals surface area contributed by atoms with Crippen molar-refractivity contribution in [1.29, 1.82) is 0 Å². The SMILES string of the molecule is O=C(O)c1cccc(OCC2CCCCCC2)c1. The molecule has 1 aliphatic rings. The molecule has 0 aromatic heterocycles. The fourth-order valence-corrected chi connectivity index (χ4v) is 2.46. The van der Waals surface area contributed by atoms with Gasteiger partial charge in [0.2, 0.25) is 0 Å². The molecule has 0 unspecified atom stereocenters. The molecule has 18 heavy (non-hydrogen) atoms. The Labute approximate surface area is 108 Å². The Morgan fingerprint density at radius 1 is 1.22 bits per heavy atom. The van der Waals surface area contributed by atoms with Crippen molar-refractivity contribution in [2.45, 2.75) is 38.5 Å². The summed E-state index contributed by atoms with van der Waals surface area (Å²) in [6, 6.07) is 6.73. The Bertz CT molecular complexity index is 392. The Hall–Kier alpha value is -1.51. The van der Waals surface area contributed by atoms with Gasteiger partial charge in [-0.05, 0) is 37.0 Å². The summed E-state index contributed by atoms with van der Waals surface area (Å²) < 4.78 is 5.73. The zero-order chi connectivity index (χ0) is 12.8. The number of rotatable bonds is 4. The largest absolute Gasteiger partial charge is 0.493 e. The number of aromatic carboxylic acids is 1. The van der Waals surface area contributed by atoms with Gasteiger partial charge in [-0.15, -0.1) is 0 Å². The summed E-state index contributed by atoms with van der Waals surface area (Å²) in [7, 11) is 0. The van der Waals surface area contributed by atoms with Gasteiger partial charge in [0.25, 0.3) is 0 Å². The van der Waals surface area contributed by atoms with Crippen molar-refractivity contribution in [1.82, 2.24) is 0 Å². The van der Waals surface area contributed by atoms with Gasteiger partial charge < -0.3 is 9.84 Å². The molecule has 3 heteroatoms. The highest BCUT2D eigenvalue weighted by Crippen LogP contribution is 2.24. The third kappa shape index (κ3) is 3.76. The quantitative estimate of drug-likeness (QED) is 0.826. The van der Waals surface area contributed by atoms with Gasteiger partial charge in [0, 0.05) is 0 Å². The molecule has 98 valence electrons. The van der Waals surface area contributed by atoms with Crippen molar-refractivity contribution in [3.63, 3.8) is 0 Å². The first kappa shape index (κ1) is 12.9. The molecule has 1 aromatic carbocycles. The van der Waals surface area contributed by atoms with E-state index >= 15 is 0 Å². The maximum Gasteiger partial charge on any atom is 0.335 e. The average molecular weight is 248 g/mol.